The van der Waals surface area contributed by atoms with Crippen molar-refractivity contribution in [1.82, 2.24) is 19.5 Å². The molecule has 0 bridgehead atoms. The fourth-order valence-electron chi connectivity index (χ4n) is 2.87. The molecule has 0 fully saturated rings. The van der Waals surface area contributed by atoms with Gasteiger partial charge >= 0.3 is 0 Å². The molecule has 0 aliphatic heterocycles. The van der Waals surface area contributed by atoms with Crippen molar-refractivity contribution < 1.29 is 0 Å². The number of thioether (sulfide) groups is 1. The maximum Gasteiger partial charge on any atom is 0.258 e. The first-order valence-electron chi connectivity index (χ1n) is 8.52. The Morgan fingerprint density at radius 2 is 1.96 bits per heavy atom. The van der Waals surface area contributed by atoms with Gasteiger partial charge in [0.05, 0.1) is 22.3 Å². The molecule has 6 heteroatoms. The minimum Gasteiger partial charge on any atom is -0.323 e. The molecule has 25 heavy (non-hydrogen) atoms. The molecule has 5 nitrogen and oxygen atoms in total. The molecule has 0 atom stereocenters. The molecule has 1 N–H and O–H groups in total. The van der Waals surface area contributed by atoms with E-state index in [-0.39, 0.29) is 5.56 Å². The molecule has 0 aliphatic rings. The van der Waals surface area contributed by atoms with E-state index in [0.717, 1.165) is 28.5 Å². The third-order valence-corrected chi connectivity index (χ3v) is 5.28. The summed E-state index contributed by atoms with van der Waals surface area (Å²) in [4.78, 5) is 24.6. The van der Waals surface area contributed by atoms with Crippen molar-refractivity contribution >= 4 is 22.7 Å². The Morgan fingerprint density at radius 3 is 2.68 bits per heavy atom. The smallest absolute Gasteiger partial charge is 0.258 e. The number of nitrogens with one attached hydrogen (secondary N) is 1. The minimum atomic E-state index is -0.0813. The predicted octanol–water partition coefficient (Wildman–Crippen LogP) is 3.99. The quantitative estimate of drug-likeness (QED) is 0.702. The molecule has 0 spiro atoms. The molecule has 1 aromatic carbocycles. The van der Waals surface area contributed by atoms with Crippen LogP contribution in [0.5, 0.6) is 0 Å². The van der Waals surface area contributed by atoms with Crippen LogP contribution in [-0.4, -0.2) is 19.5 Å². The Balaban J connectivity index is 1.90. The molecule has 0 saturated carbocycles. The Morgan fingerprint density at radius 1 is 1.20 bits per heavy atom. The lowest BCUT2D eigenvalue weighted by Gasteiger charge is -2.12. The van der Waals surface area contributed by atoms with Crippen molar-refractivity contribution in [3.63, 3.8) is 0 Å². The number of hydrogen-bond donors (Lipinski definition) is 1. The third kappa shape index (κ3) is 3.63. The number of aromatic nitrogens is 4. The molecule has 3 aromatic rings. The largest absolute Gasteiger partial charge is 0.323 e. The molecule has 2 heterocycles. The summed E-state index contributed by atoms with van der Waals surface area (Å²) in [6, 6.07) is 5.68. The van der Waals surface area contributed by atoms with E-state index in [1.54, 1.807) is 11.8 Å². The van der Waals surface area contributed by atoms with E-state index in [2.05, 4.69) is 40.3 Å². The number of aryl methyl sites for hydroxylation is 2. The summed E-state index contributed by atoms with van der Waals surface area (Å²) in [7, 11) is 0. The molecule has 0 amide bonds. The lowest BCUT2D eigenvalue weighted by atomic mass is 10.1. The summed E-state index contributed by atoms with van der Waals surface area (Å²) >= 11 is 1.62. The first kappa shape index (κ1) is 17.7. The molecular formula is C19H24N4OS. The van der Waals surface area contributed by atoms with Crippen LogP contribution in [0, 0.1) is 26.7 Å². The SMILES string of the molecule is Cc1nc(SCc2nc3c(C)cccc3c(=O)[nH]2)n(CC(C)C)c1C. The molecule has 0 unspecified atom stereocenters. The van der Waals surface area contributed by atoms with Crippen molar-refractivity contribution in [2.45, 2.75) is 52.1 Å². The number of H-pyrrole nitrogens is 1. The first-order valence-corrected chi connectivity index (χ1v) is 9.50. The van der Waals surface area contributed by atoms with Crippen LogP contribution in [-0.2, 0) is 12.3 Å². The number of nitrogens with zero attached hydrogens (tertiary/aromatic N) is 3. The average molecular weight is 356 g/mol. The number of aromatic amines is 1. The number of imidazole rings is 1. The summed E-state index contributed by atoms with van der Waals surface area (Å²) in [6.07, 6.45) is 0. The highest BCUT2D eigenvalue weighted by Crippen LogP contribution is 2.25. The van der Waals surface area contributed by atoms with E-state index in [4.69, 9.17) is 0 Å². The van der Waals surface area contributed by atoms with Gasteiger partial charge in [0.15, 0.2) is 5.16 Å². The van der Waals surface area contributed by atoms with E-state index in [0.29, 0.717) is 22.9 Å². The van der Waals surface area contributed by atoms with E-state index < -0.39 is 0 Å². The Labute approximate surface area is 151 Å². The molecular weight excluding hydrogens is 332 g/mol. The van der Waals surface area contributed by atoms with Crippen LogP contribution in [0.1, 0.15) is 36.6 Å². The predicted molar refractivity (Wildman–Crippen MR) is 103 cm³/mol. The van der Waals surface area contributed by atoms with Crippen molar-refractivity contribution in [3.8, 4) is 0 Å². The van der Waals surface area contributed by atoms with Crippen molar-refractivity contribution in [2.75, 3.05) is 0 Å². The van der Waals surface area contributed by atoms with Gasteiger partial charge in [-0.15, -0.1) is 0 Å². The molecule has 2 aromatic heterocycles. The number of fused-ring (bicyclic) bond motifs is 1. The van der Waals surface area contributed by atoms with Gasteiger partial charge in [-0.25, -0.2) is 9.97 Å². The number of para-hydroxylation sites is 1. The standard InChI is InChI=1S/C19H24N4OS/c1-11(2)9-23-14(5)13(4)20-19(23)25-10-16-21-17-12(3)7-6-8-15(17)18(24)22-16/h6-8,11H,9-10H2,1-5H3,(H,21,22,24). The van der Waals surface area contributed by atoms with Gasteiger partial charge < -0.3 is 9.55 Å². The van der Waals surface area contributed by atoms with Gasteiger partial charge in [0, 0.05) is 12.2 Å². The molecule has 0 radical (unpaired) electrons. The van der Waals surface area contributed by atoms with Crippen LogP contribution in [0.2, 0.25) is 0 Å². The summed E-state index contributed by atoms with van der Waals surface area (Å²) in [6.45, 7) is 11.5. The summed E-state index contributed by atoms with van der Waals surface area (Å²) in [5.41, 5.74) is 3.97. The second kappa shape index (κ2) is 7.04. The zero-order valence-electron chi connectivity index (χ0n) is 15.4. The van der Waals surface area contributed by atoms with Crippen LogP contribution in [0.25, 0.3) is 10.9 Å². The normalized spacial score (nSPS) is 11.6. The van der Waals surface area contributed by atoms with Crippen LogP contribution in [0.15, 0.2) is 28.2 Å². The monoisotopic (exact) mass is 356 g/mol. The van der Waals surface area contributed by atoms with Crippen molar-refractivity contribution in [1.29, 1.82) is 0 Å². The number of benzene rings is 1. The molecule has 3 rings (SSSR count). The Kier molecular flexibility index (Phi) is 4.99. The van der Waals surface area contributed by atoms with Gasteiger partial charge in [-0.3, -0.25) is 4.79 Å². The highest BCUT2D eigenvalue weighted by atomic mass is 32.2. The summed E-state index contributed by atoms with van der Waals surface area (Å²) < 4.78 is 2.26. The lowest BCUT2D eigenvalue weighted by Crippen LogP contribution is -2.12. The first-order chi connectivity index (χ1) is 11.9. The van der Waals surface area contributed by atoms with Gasteiger partial charge in [0.1, 0.15) is 5.82 Å². The fourth-order valence-corrected chi connectivity index (χ4v) is 3.84. The number of hydrogen-bond acceptors (Lipinski definition) is 4. The fraction of sp³-hybridized carbons (Fsp3) is 0.421. The summed E-state index contributed by atoms with van der Waals surface area (Å²) in [5.74, 6) is 1.83. The van der Waals surface area contributed by atoms with E-state index >= 15 is 0 Å². The summed E-state index contributed by atoms with van der Waals surface area (Å²) in [5, 5.41) is 1.62. The second-order valence-electron chi connectivity index (χ2n) is 6.84. The topological polar surface area (TPSA) is 63.6 Å². The average Bonchev–Trinajstić information content (AvgIpc) is 2.81. The van der Waals surface area contributed by atoms with Crippen LogP contribution < -0.4 is 5.56 Å². The van der Waals surface area contributed by atoms with Gasteiger partial charge in [0.25, 0.3) is 5.56 Å². The molecule has 0 saturated heterocycles. The van der Waals surface area contributed by atoms with Crippen LogP contribution >= 0.6 is 11.8 Å². The Bertz CT molecular complexity index is 971. The highest BCUT2D eigenvalue weighted by molar-refractivity contribution is 7.98. The van der Waals surface area contributed by atoms with Gasteiger partial charge in [-0.05, 0) is 38.3 Å². The second-order valence-corrected chi connectivity index (χ2v) is 7.78. The van der Waals surface area contributed by atoms with Crippen LogP contribution in [0.4, 0.5) is 0 Å². The zero-order chi connectivity index (χ0) is 18.1. The van der Waals surface area contributed by atoms with Gasteiger partial charge in [0.2, 0.25) is 0 Å². The van der Waals surface area contributed by atoms with E-state index in [1.165, 1.54) is 5.69 Å². The minimum absolute atomic E-state index is 0.0813. The van der Waals surface area contributed by atoms with Crippen LogP contribution in [0.3, 0.4) is 0 Å². The molecule has 0 aliphatic carbocycles. The maximum atomic E-state index is 12.3. The van der Waals surface area contributed by atoms with Crippen molar-refractivity contribution in [3.05, 3.63) is 51.3 Å². The number of rotatable bonds is 5. The third-order valence-electron chi connectivity index (χ3n) is 4.30. The lowest BCUT2D eigenvalue weighted by molar-refractivity contribution is 0.486. The van der Waals surface area contributed by atoms with Crippen molar-refractivity contribution in [2.24, 2.45) is 5.92 Å². The maximum absolute atomic E-state index is 12.3. The van der Waals surface area contributed by atoms with Gasteiger partial charge in [-0.1, -0.05) is 37.7 Å². The Hall–Kier alpha value is -2.08. The van der Waals surface area contributed by atoms with Gasteiger partial charge in [-0.2, -0.15) is 0 Å². The zero-order valence-corrected chi connectivity index (χ0v) is 16.2. The van der Waals surface area contributed by atoms with E-state index in [9.17, 15) is 4.79 Å². The molecule has 132 valence electrons. The highest BCUT2D eigenvalue weighted by Gasteiger charge is 2.14. The van der Waals surface area contributed by atoms with E-state index in [1.807, 2.05) is 32.0 Å².